The molecule has 0 aliphatic carbocycles. The Hall–Kier alpha value is -2.29. The van der Waals surface area contributed by atoms with E-state index in [0.717, 1.165) is 54.3 Å². The van der Waals surface area contributed by atoms with E-state index in [1.165, 1.54) is 0 Å². The Morgan fingerprint density at radius 2 is 2.23 bits per heavy atom. The number of hydrogen-bond donors (Lipinski definition) is 2. The third kappa shape index (κ3) is 3.92. The molecule has 0 saturated carbocycles. The Balaban J connectivity index is 0.00000196. The zero-order valence-electron chi connectivity index (χ0n) is 14.6. The van der Waals surface area contributed by atoms with Gasteiger partial charge < -0.3 is 15.4 Å². The van der Waals surface area contributed by atoms with Crippen LogP contribution in [-0.4, -0.2) is 57.1 Å². The van der Waals surface area contributed by atoms with Crippen molar-refractivity contribution in [2.24, 2.45) is 0 Å². The first-order chi connectivity index (χ1) is 12.3. The lowest BCUT2D eigenvalue weighted by Gasteiger charge is -2.24. The van der Waals surface area contributed by atoms with Gasteiger partial charge in [-0.1, -0.05) is 0 Å². The number of pyridine rings is 1. The molecular formula is C17H22ClN7O. The van der Waals surface area contributed by atoms with Gasteiger partial charge in [0.2, 0.25) is 0 Å². The lowest BCUT2D eigenvalue weighted by Crippen LogP contribution is -2.42. The molecule has 0 aromatic carbocycles. The zero-order valence-corrected chi connectivity index (χ0v) is 15.4. The molecule has 9 heteroatoms. The van der Waals surface area contributed by atoms with Crippen molar-refractivity contribution < 1.29 is 4.74 Å². The molecule has 1 atom stereocenters. The van der Waals surface area contributed by atoms with Crippen molar-refractivity contribution in [3.8, 4) is 11.3 Å². The third-order valence-electron chi connectivity index (χ3n) is 4.21. The summed E-state index contributed by atoms with van der Waals surface area (Å²) in [4.78, 5) is 13.6. The van der Waals surface area contributed by atoms with Gasteiger partial charge in [0.1, 0.15) is 5.52 Å². The van der Waals surface area contributed by atoms with Crippen molar-refractivity contribution in [2.45, 2.75) is 19.6 Å². The normalized spacial score (nSPS) is 17.0. The molecule has 2 N–H and O–H groups in total. The maximum Gasteiger partial charge on any atom is 0.154 e. The molecule has 4 rings (SSSR count). The smallest absolute Gasteiger partial charge is 0.154 e. The van der Waals surface area contributed by atoms with Crippen molar-refractivity contribution in [1.29, 1.82) is 0 Å². The Bertz CT molecular complexity index is 863. The van der Waals surface area contributed by atoms with Crippen LogP contribution in [0.4, 0.5) is 5.82 Å². The number of ether oxygens (including phenoxy) is 1. The molecular weight excluding hydrogens is 354 g/mol. The lowest BCUT2D eigenvalue weighted by atomic mass is 10.2. The lowest BCUT2D eigenvalue weighted by molar-refractivity contribution is 0.0372. The number of nitrogens with one attached hydrogen (secondary N) is 2. The number of hydrogen-bond acceptors (Lipinski definition) is 7. The highest BCUT2D eigenvalue weighted by Gasteiger charge is 2.15. The molecule has 0 amide bonds. The summed E-state index contributed by atoms with van der Waals surface area (Å²) in [5.41, 5.74) is 3.37. The molecule has 3 aromatic heterocycles. The van der Waals surface area contributed by atoms with E-state index in [-0.39, 0.29) is 18.5 Å². The van der Waals surface area contributed by atoms with Gasteiger partial charge in [-0.25, -0.2) is 9.97 Å². The van der Waals surface area contributed by atoms with Gasteiger partial charge in [-0.2, -0.15) is 5.10 Å². The maximum absolute atomic E-state index is 5.74. The summed E-state index contributed by atoms with van der Waals surface area (Å²) in [5.74, 6) is 0.721. The van der Waals surface area contributed by atoms with Crippen molar-refractivity contribution in [1.82, 2.24) is 30.0 Å². The Morgan fingerprint density at radius 3 is 3.00 bits per heavy atom. The number of nitrogens with zero attached hydrogens (tertiary/aromatic N) is 5. The second kappa shape index (κ2) is 8.39. The maximum atomic E-state index is 5.74. The highest BCUT2D eigenvalue weighted by Crippen LogP contribution is 2.25. The van der Waals surface area contributed by atoms with Crippen molar-refractivity contribution >= 4 is 29.3 Å². The monoisotopic (exact) mass is 375 g/mol. The van der Waals surface area contributed by atoms with Crippen molar-refractivity contribution in [3.05, 3.63) is 30.9 Å². The van der Waals surface area contributed by atoms with E-state index >= 15 is 0 Å². The van der Waals surface area contributed by atoms with E-state index in [9.17, 15) is 0 Å². The van der Waals surface area contributed by atoms with Gasteiger partial charge in [0.05, 0.1) is 30.1 Å². The second-order valence-electron chi connectivity index (χ2n) is 5.94. The first kappa shape index (κ1) is 18.5. The predicted molar refractivity (Wildman–Crippen MR) is 103 cm³/mol. The Morgan fingerprint density at radius 1 is 1.35 bits per heavy atom. The largest absolute Gasteiger partial charge is 0.374 e. The standard InChI is InChI=1S/C17H21N7O.ClH/c1-2-24-11-12(8-22-24)14-7-15-16(20-4-3-19-15)17(23-14)21-10-13-9-18-5-6-25-13;/h3-4,7-8,11,13,18H,2,5-6,9-10H2,1H3,(H,21,23);1H/t13-;/m0./s1. The van der Waals surface area contributed by atoms with Crippen LogP contribution in [0.3, 0.4) is 0 Å². The van der Waals surface area contributed by atoms with E-state index in [0.29, 0.717) is 6.54 Å². The number of morpholine rings is 1. The Kier molecular flexibility index (Phi) is 5.97. The third-order valence-corrected chi connectivity index (χ3v) is 4.21. The summed E-state index contributed by atoms with van der Waals surface area (Å²) >= 11 is 0. The molecule has 138 valence electrons. The minimum atomic E-state index is 0. The average molecular weight is 376 g/mol. The average Bonchev–Trinajstić information content (AvgIpc) is 3.16. The summed E-state index contributed by atoms with van der Waals surface area (Å²) < 4.78 is 7.62. The molecule has 0 unspecified atom stereocenters. The topological polar surface area (TPSA) is 89.8 Å². The van der Waals surface area contributed by atoms with E-state index in [1.54, 1.807) is 12.4 Å². The van der Waals surface area contributed by atoms with Crippen LogP contribution < -0.4 is 10.6 Å². The van der Waals surface area contributed by atoms with Crippen LogP contribution in [0.1, 0.15) is 6.92 Å². The molecule has 0 spiro atoms. The molecule has 1 fully saturated rings. The van der Waals surface area contributed by atoms with Crippen LogP contribution in [0.15, 0.2) is 30.9 Å². The molecule has 0 radical (unpaired) electrons. The van der Waals surface area contributed by atoms with Gasteiger partial charge in [-0.3, -0.25) is 9.67 Å². The van der Waals surface area contributed by atoms with Crippen LogP contribution in [0.25, 0.3) is 22.3 Å². The number of fused-ring (bicyclic) bond motifs is 1. The summed E-state index contributed by atoms with van der Waals surface area (Å²) in [6.07, 6.45) is 7.31. The highest BCUT2D eigenvalue weighted by atomic mass is 35.5. The van der Waals surface area contributed by atoms with E-state index in [4.69, 9.17) is 9.72 Å². The number of halogens is 1. The highest BCUT2D eigenvalue weighted by molar-refractivity contribution is 5.88. The summed E-state index contributed by atoms with van der Waals surface area (Å²) in [5, 5.41) is 11.0. The molecule has 4 heterocycles. The fourth-order valence-corrected chi connectivity index (χ4v) is 2.87. The van der Waals surface area contributed by atoms with Crippen molar-refractivity contribution in [3.63, 3.8) is 0 Å². The summed E-state index contributed by atoms with van der Waals surface area (Å²) in [7, 11) is 0. The van der Waals surface area contributed by atoms with Gasteiger partial charge >= 0.3 is 0 Å². The molecule has 1 aliphatic heterocycles. The first-order valence-electron chi connectivity index (χ1n) is 8.54. The molecule has 26 heavy (non-hydrogen) atoms. The van der Waals surface area contributed by atoms with Gasteiger partial charge in [0.15, 0.2) is 5.82 Å². The van der Waals surface area contributed by atoms with Gasteiger partial charge in [0, 0.05) is 50.3 Å². The SMILES string of the molecule is CCn1cc(-c2cc3nccnc3c(NC[C@@H]3CNCCO3)n2)cn1.Cl. The second-order valence-corrected chi connectivity index (χ2v) is 5.94. The van der Waals surface area contributed by atoms with Crippen LogP contribution in [0, 0.1) is 0 Å². The fraction of sp³-hybridized carbons (Fsp3) is 0.412. The minimum absolute atomic E-state index is 0. The van der Waals surface area contributed by atoms with Gasteiger partial charge in [-0.05, 0) is 13.0 Å². The summed E-state index contributed by atoms with van der Waals surface area (Å²) in [6.45, 7) is 6.02. The van der Waals surface area contributed by atoms with Crippen molar-refractivity contribution in [2.75, 3.05) is 31.6 Å². The molecule has 0 bridgehead atoms. The van der Waals surface area contributed by atoms with Crippen LogP contribution >= 0.6 is 12.4 Å². The molecule has 1 aliphatic rings. The van der Waals surface area contributed by atoms with Gasteiger partial charge in [0.25, 0.3) is 0 Å². The number of rotatable bonds is 5. The first-order valence-corrected chi connectivity index (χ1v) is 8.54. The Labute approximate surface area is 157 Å². The number of aromatic nitrogens is 5. The van der Waals surface area contributed by atoms with Crippen LogP contribution in [0.5, 0.6) is 0 Å². The number of anilines is 1. The number of aryl methyl sites for hydroxylation is 1. The molecule has 3 aromatic rings. The van der Waals surface area contributed by atoms with E-state index in [2.05, 4.69) is 32.6 Å². The quantitative estimate of drug-likeness (QED) is 0.701. The molecule has 8 nitrogen and oxygen atoms in total. The van der Waals surface area contributed by atoms with E-state index in [1.807, 2.05) is 23.1 Å². The molecule has 1 saturated heterocycles. The van der Waals surface area contributed by atoms with Crippen LogP contribution in [0.2, 0.25) is 0 Å². The van der Waals surface area contributed by atoms with E-state index < -0.39 is 0 Å². The minimum Gasteiger partial charge on any atom is -0.374 e. The van der Waals surface area contributed by atoms with Crippen LogP contribution in [-0.2, 0) is 11.3 Å². The fourth-order valence-electron chi connectivity index (χ4n) is 2.87. The summed E-state index contributed by atoms with van der Waals surface area (Å²) in [6, 6.07) is 1.95. The van der Waals surface area contributed by atoms with Gasteiger partial charge in [-0.15, -0.1) is 12.4 Å². The predicted octanol–water partition coefficient (Wildman–Crippen LogP) is 1.73. The zero-order chi connectivity index (χ0) is 17.1.